The molecular formula is C21H25FN8O2. The van der Waals surface area contributed by atoms with Crippen molar-refractivity contribution in [3.63, 3.8) is 0 Å². The van der Waals surface area contributed by atoms with Crippen LogP contribution in [0.15, 0.2) is 18.5 Å². The van der Waals surface area contributed by atoms with E-state index in [-0.39, 0.29) is 19.0 Å². The molecule has 3 aromatic rings. The number of alkyl halides is 1. The van der Waals surface area contributed by atoms with Gasteiger partial charge < -0.3 is 19.9 Å². The molecule has 32 heavy (non-hydrogen) atoms. The molecule has 1 fully saturated rings. The van der Waals surface area contributed by atoms with E-state index in [0.29, 0.717) is 42.2 Å². The third-order valence-corrected chi connectivity index (χ3v) is 5.79. The molecule has 0 radical (unpaired) electrons. The molecule has 10 nitrogen and oxygen atoms in total. The third-order valence-electron chi connectivity index (χ3n) is 5.79. The summed E-state index contributed by atoms with van der Waals surface area (Å²) >= 11 is 0. The number of ether oxygens (including phenoxy) is 1. The maximum atomic E-state index is 14.0. The lowest BCUT2D eigenvalue weighted by molar-refractivity contribution is -0.119. The molecule has 11 heteroatoms. The number of anilines is 1. The number of hydrogen-bond donors (Lipinski definition) is 1. The van der Waals surface area contributed by atoms with E-state index in [9.17, 15) is 9.18 Å². The van der Waals surface area contributed by atoms with Crippen LogP contribution in [0.4, 0.5) is 10.2 Å². The fourth-order valence-corrected chi connectivity index (χ4v) is 4.31. The first-order valence-corrected chi connectivity index (χ1v) is 10.7. The molecule has 168 valence electrons. The number of rotatable bonds is 4. The number of nitrogens with two attached hydrogens (primary N) is 1. The zero-order valence-corrected chi connectivity index (χ0v) is 18.2. The van der Waals surface area contributed by atoms with Crippen LogP contribution in [-0.2, 0) is 11.3 Å². The molecule has 2 atom stereocenters. The minimum atomic E-state index is -1.13. The maximum Gasteiger partial charge on any atom is 0.240 e. The number of carbonyl (C=O) groups is 1. The number of imidazole rings is 1. The second-order valence-corrected chi connectivity index (χ2v) is 8.45. The number of aromatic nitrogens is 6. The molecule has 2 aliphatic heterocycles. The van der Waals surface area contributed by atoms with Gasteiger partial charge in [-0.3, -0.25) is 4.79 Å². The van der Waals surface area contributed by atoms with Crippen molar-refractivity contribution in [3.05, 3.63) is 24.3 Å². The SMILES string of the molecule is Cc1nc(-c2cn3c(n2)-c2cnc(N4C[C@@H](F)CC4C(N)=O)cc2OCC3)n(C(C)C)n1. The van der Waals surface area contributed by atoms with E-state index < -0.39 is 18.1 Å². The van der Waals surface area contributed by atoms with Crippen LogP contribution in [0.2, 0.25) is 0 Å². The van der Waals surface area contributed by atoms with Crippen molar-refractivity contribution in [1.82, 2.24) is 29.3 Å². The minimum Gasteiger partial charge on any atom is -0.491 e. The summed E-state index contributed by atoms with van der Waals surface area (Å²) in [6, 6.07) is 1.15. The first kappa shape index (κ1) is 20.4. The van der Waals surface area contributed by atoms with Gasteiger partial charge in [0.15, 0.2) is 5.82 Å². The summed E-state index contributed by atoms with van der Waals surface area (Å²) in [5, 5.41) is 4.48. The third kappa shape index (κ3) is 3.37. The second kappa shape index (κ2) is 7.57. The van der Waals surface area contributed by atoms with Gasteiger partial charge in [-0.2, -0.15) is 5.10 Å². The molecule has 1 saturated heterocycles. The molecule has 5 heterocycles. The number of pyridine rings is 1. The van der Waals surface area contributed by atoms with Crippen molar-refractivity contribution in [3.8, 4) is 28.7 Å². The minimum absolute atomic E-state index is 0.0681. The number of primary amides is 1. The lowest BCUT2D eigenvalue weighted by Gasteiger charge is -2.23. The second-order valence-electron chi connectivity index (χ2n) is 8.45. The predicted octanol–water partition coefficient (Wildman–Crippen LogP) is 1.89. The first-order chi connectivity index (χ1) is 15.3. The standard InChI is InChI=1S/C21H25FN8O2/c1-11(2)30-21(25-12(3)27-30)15-10-28-4-5-32-17-7-18(24-8-14(17)20(28)26-15)29-9-13(22)6-16(29)19(23)31/h7-8,10-11,13,16H,4-6,9H2,1-3H3,(H2,23,31)/t13-,16?/m0/s1. The monoisotopic (exact) mass is 440 g/mol. The van der Waals surface area contributed by atoms with E-state index in [4.69, 9.17) is 15.5 Å². The zero-order valence-electron chi connectivity index (χ0n) is 18.2. The van der Waals surface area contributed by atoms with Crippen LogP contribution >= 0.6 is 0 Å². The van der Waals surface area contributed by atoms with Crippen molar-refractivity contribution in [2.75, 3.05) is 18.1 Å². The van der Waals surface area contributed by atoms with Crippen LogP contribution in [0.25, 0.3) is 22.9 Å². The van der Waals surface area contributed by atoms with Gasteiger partial charge in [-0.1, -0.05) is 0 Å². The Balaban J connectivity index is 1.54. The van der Waals surface area contributed by atoms with E-state index in [0.717, 1.165) is 11.3 Å². The van der Waals surface area contributed by atoms with Gasteiger partial charge in [-0.15, -0.1) is 0 Å². The Labute approximate surface area is 184 Å². The normalized spacial score (nSPS) is 20.1. The highest BCUT2D eigenvalue weighted by molar-refractivity contribution is 5.84. The van der Waals surface area contributed by atoms with Gasteiger partial charge >= 0.3 is 0 Å². The van der Waals surface area contributed by atoms with Crippen LogP contribution in [0.5, 0.6) is 5.75 Å². The summed E-state index contributed by atoms with van der Waals surface area (Å²) in [5.74, 6) is 2.58. The van der Waals surface area contributed by atoms with Crippen molar-refractivity contribution >= 4 is 11.7 Å². The molecule has 0 spiro atoms. The topological polar surface area (TPSA) is 117 Å². The van der Waals surface area contributed by atoms with Crippen LogP contribution in [-0.4, -0.2) is 60.6 Å². The Morgan fingerprint density at radius 2 is 2.12 bits per heavy atom. The first-order valence-electron chi connectivity index (χ1n) is 10.7. The molecule has 2 N–H and O–H groups in total. The summed E-state index contributed by atoms with van der Waals surface area (Å²) < 4.78 is 23.8. The fourth-order valence-electron chi connectivity index (χ4n) is 4.31. The van der Waals surface area contributed by atoms with Crippen molar-refractivity contribution in [2.24, 2.45) is 5.73 Å². The van der Waals surface area contributed by atoms with Gasteiger partial charge in [-0.25, -0.2) is 24.0 Å². The lowest BCUT2D eigenvalue weighted by Crippen LogP contribution is -2.40. The Morgan fingerprint density at radius 1 is 1.31 bits per heavy atom. The van der Waals surface area contributed by atoms with E-state index in [1.165, 1.54) is 0 Å². The molecule has 0 saturated carbocycles. The number of fused-ring (bicyclic) bond motifs is 3. The fraction of sp³-hybridized carbons (Fsp3) is 0.476. The highest BCUT2D eigenvalue weighted by atomic mass is 19.1. The highest BCUT2D eigenvalue weighted by Gasteiger charge is 2.37. The van der Waals surface area contributed by atoms with Gasteiger partial charge in [0.1, 0.15) is 47.7 Å². The highest BCUT2D eigenvalue weighted by Crippen LogP contribution is 2.37. The average Bonchev–Trinajstić information content (AvgIpc) is 3.42. The maximum absolute atomic E-state index is 14.0. The summed E-state index contributed by atoms with van der Waals surface area (Å²) in [6.07, 6.45) is 2.54. The summed E-state index contributed by atoms with van der Waals surface area (Å²) in [5.41, 5.74) is 6.92. The van der Waals surface area contributed by atoms with E-state index >= 15 is 0 Å². The molecule has 1 amide bonds. The smallest absolute Gasteiger partial charge is 0.240 e. The average molecular weight is 440 g/mol. The van der Waals surface area contributed by atoms with Crippen LogP contribution in [0, 0.1) is 6.92 Å². The number of hydrogen-bond acceptors (Lipinski definition) is 7. The van der Waals surface area contributed by atoms with Crippen LogP contribution in [0.3, 0.4) is 0 Å². The van der Waals surface area contributed by atoms with Crippen molar-refractivity contribution < 1.29 is 13.9 Å². The molecule has 3 aromatic heterocycles. The molecule has 5 rings (SSSR count). The van der Waals surface area contributed by atoms with Crippen molar-refractivity contribution in [1.29, 1.82) is 0 Å². The Bertz CT molecular complexity index is 1190. The predicted molar refractivity (Wildman–Crippen MR) is 115 cm³/mol. The number of aryl methyl sites for hydroxylation is 1. The van der Waals surface area contributed by atoms with Gasteiger partial charge in [0.2, 0.25) is 5.91 Å². The Hall–Kier alpha value is -3.50. The van der Waals surface area contributed by atoms with Gasteiger partial charge in [-0.05, 0) is 20.8 Å². The van der Waals surface area contributed by atoms with Crippen molar-refractivity contribution in [2.45, 2.75) is 52.0 Å². The largest absolute Gasteiger partial charge is 0.491 e. The van der Waals surface area contributed by atoms with Gasteiger partial charge in [0.05, 0.1) is 18.7 Å². The number of carbonyl (C=O) groups excluding carboxylic acids is 1. The van der Waals surface area contributed by atoms with Crippen LogP contribution < -0.4 is 15.4 Å². The lowest BCUT2D eigenvalue weighted by atomic mass is 10.2. The molecule has 0 aliphatic carbocycles. The molecular weight excluding hydrogens is 415 g/mol. The van der Waals surface area contributed by atoms with E-state index in [1.807, 2.05) is 36.2 Å². The summed E-state index contributed by atoms with van der Waals surface area (Å²) in [6.45, 7) is 7.06. The Kier molecular flexibility index (Phi) is 4.83. The van der Waals surface area contributed by atoms with E-state index in [1.54, 1.807) is 17.2 Å². The Morgan fingerprint density at radius 3 is 2.88 bits per heavy atom. The summed E-state index contributed by atoms with van der Waals surface area (Å²) in [7, 11) is 0. The zero-order chi connectivity index (χ0) is 22.6. The molecule has 1 unspecified atom stereocenters. The van der Waals surface area contributed by atoms with Crippen LogP contribution in [0.1, 0.15) is 32.1 Å². The molecule has 0 bridgehead atoms. The summed E-state index contributed by atoms with van der Waals surface area (Å²) in [4.78, 5) is 27.3. The number of amides is 1. The van der Waals surface area contributed by atoms with E-state index in [2.05, 4.69) is 15.1 Å². The number of nitrogens with zero attached hydrogens (tertiary/aromatic N) is 7. The molecule has 0 aromatic carbocycles. The molecule has 2 aliphatic rings. The number of halogens is 1. The van der Waals surface area contributed by atoms with Gasteiger partial charge in [0.25, 0.3) is 0 Å². The van der Waals surface area contributed by atoms with Gasteiger partial charge in [0, 0.05) is 30.9 Å². The quantitative estimate of drug-likeness (QED) is 0.658.